The molecular formula is C29H35N3O4. The molecule has 0 aliphatic carbocycles. The first-order valence-corrected chi connectivity index (χ1v) is 12.7. The number of amides is 1. The molecule has 1 aliphatic rings. The molecule has 0 saturated carbocycles. The lowest BCUT2D eigenvalue weighted by Crippen LogP contribution is -2.38. The Hall–Kier alpha value is -3.58. The topological polar surface area (TPSA) is 72.9 Å². The van der Waals surface area contributed by atoms with E-state index >= 15 is 0 Å². The predicted octanol–water partition coefficient (Wildman–Crippen LogP) is 5.00. The van der Waals surface area contributed by atoms with Gasteiger partial charge in [-0.25, -0.2) is 4.98 Å². The van der Waals surface area contributed by atoms with Gasteiger partial charge in [-0.3, -0.25) is 9.69 Å². The molecule has 1 aliphatic heterocycles. The molecule has 4 rings (SSSR count). The Morgan fingerprint density at radius 1 is 1.03 bits per heavy atom. The Bertz CT molecular complexity index is 1120. The third-order valence-corrected chi connectivity index (χ3v) is 6.16. The SMILES string of the molecule is COc1cccc(CCNC(=O)CN2CCCCCCOc3ccccc3Oc3ncccc3C2)c1. The quantitative estimate of drug-likeness (QED) is 0.526. The average Bonchev–Trinajstić information content (AvgIpc) is 2.89. The van der Waals surface area contributed by atoms with Crippen molar-refractivity contribution < 1.29 is 19.0 Å². The van der Waals surface area contributed by atoms with Crippen molar-refractivity contribution in [3.63, 3.8) is 0 Å². The summed E-state index contributed by atoms with van der Waals surface area (Å²) < 4.78 is 17.5. The molecule has 190 valence electrons. The van der Waals surface area contributed by atoms with Crippen LogP contribution in [0.15, 0.2) is 66.9 Å². The number of ether oxygens (including phenoxy) is 3. The summed E-state index contributed by atoms with van der Waals surface area (Å²) in [7, 11) is 1.66. The zero-order chi connectivity index (χ0) is 25.0. The monoisotopic (exact) mass is 489 g/mol. The first-order chi connectivity index (χ1) is 17.7. The van der Waals surface area contributed by atoms with Crippen LogP contribution in [-0.2, 0) is 17.8 Å². The van der Waals surface area contributed by atoms with Gasteiger partial charge in [0.1, 0.15) is 5.75 Å². The molecule has 1 aromatic heterocycles. The minimum absolute atomic E-state index is 0.0177. The summed E-state index contributed by atoms with van der Waals surface area (Å²) in [6.45, 7) is 2.96. The molecule has 2 aromatic carbocycles. The van der Waals surface area contributed by atoms with E-state index in [9.17, 15) is 4.79 Å². The zero-order valence-corrected chi connectivity index (χ0v) is 20.9. The molecule has 2 heterocycles. The van der Waals surface area contributed by atoms with E-state index in [-0.39, 0.29) is 5.91 Å². The van der Waals surface area contributed by atoms with Crippen LogP contribution in [0.3, 0.4) is 0 Å². The normalized spacial score (nSPS) is 14.8. The Kier molecular flexibility index (Phi) is 9.56. The molecule has 3 aromatic rings. The van der Waals surface area contributed by atoms with Gasteiger partial charge in [0.15, 0.2) is 11.5 Å². The van der Waals surface area contributed by atoms with Crippen molar-refractivity contribution in [3.05, 3.63) is 78.0 Å². The van der Waals surface area contributed by atoms with Crippen molar-refractivity contribution in [2.45, 2.75) is 38.6 Å². The highest BCUT2D eigenvalue weighted by Gasteiger charge is 2.16. The smallest absolute Gasteiger partial charge is 0.234 e. The Morgan fingerprint density at radius 2 is 1.89 bits per heavy atom. The lowest BCUT2D eigenvalue weighted by atomic mass is 10.1. The molecule has 0 radical (unpaired) electrons. The van der Waals surface area contributed by atoms with Crippen LogP contribution in [0.5, 0.6) is 23.1 Å². The summed E-state index contributed by atoms with van der Waals surface area (Å²) in [6.07, 6.45) is 6.65. The summed E-state index contributed by atoms with van der Waals surface area (Å²) in [5, 5.41) is 3.07. The lowest BCUT2D eigenvalue weighted by Gasteiger charge is -2.23. The second-order valence-electron chi connectivity index (χ2n) is 8.94. The van der Waals surface area contributed by atoms with Gasteiger partial charge in [0.2, 0.25) is 11.8 Å². The molecule has 0 atom stereocenters. The molecule has 7 nitrogen and oxygen atoms in total. The molecule has 1 N–H and O–H groups in total. The van der Waals surface area contributed by atoms with Crippen LogP contribution < -0.4 is 19.5 Å². The van der Waals surface area contributed by atoms with Crippen molar-refractivity contribution >= 4 is 5.91 Å². The van der Waals surface area contributed by atoms with Gasteiger partial charge in [-0.2, -0.15) is 0 Å². The van der Waals surface area contributed by atoms with Crippen LogP contribution in [0.1, 0.15) is 36.8 Å². The number of hydrogen-bond donors (Lipinski definition) is 1. The van der Waals surface area contributed by atoms with E-state index < -0.39 is 0 Å². The number of benzene rings is 2. The van der Waals surface area contributed by atoms with Crippen LogP contribution in [0.25, 0.3) is 0 Å². The first-order valence-electron chi connectivity index (χ1n) is 12.7. The molecule has 0 unspecified atom stereocenters. The van der Waals surface area contributed by atoms with Gasteiger partial charge in [0.25, 0.3) is 0 Å². The summed E-state index contributed by atoms with van der Waals surface area (Å²) in [5.41, 5.74) is 2.07. The van der Waals surface area contributed by atoms with Gasteiger partial charge < -0.3 is 19.5 Å². The highest BCUT2D eigenvalue weighted by molar-refractivity contribution is 5.78. The van der Waals surface area contributed by atoms with Crippen molar-refractivity contribution in [2.24, 2.45) is 0 Å². The number of carbonyl (C=O) groups is 1. The maximum Gasteiger partial charge on any atom is 0.234 e. The maximum absolute atomic E-state index is 12.8. The minimum Gasteiger partial charge on any atom is -0.497 e. The van der Waals surface area contributed by atoms with Crippen LogP contribution in [0.4, 0.5) is 0 Å². The second-order valence-corrected chi connectivity index (χ2v) is 8.94. The number of aromatic nitrogens is 1. The highest BCUT2D eigenvalue weighted by atomic mass is 16.5. The van der Waals surface area contributed by atoms with Gasteiger partial charge in [-0.05, 0) is 61.7 Å². The summed E-state index contributed by atoms with van der Waals surface area (Å²) in [6, 6.07) is 19.5. The maximum atomic E-state index is 12.8. The molecule has 0 fully saturated rings. The van der Waals surface area contributed by atoms with E-state index in [0.29, 0.717) is 37.9 Å². The van der Waals surface area contributed by atoms with E-state index in [0.717, 1.165) is 61.3 Å². The fraction of sp³-hybridized carbons (Fsp3) is 0.379. The van der Waals surface area contributed by atoms with E-state index in [2.05, 4.69) is 15.2 Å². The van der Waals surface area contributed by atoms with E-state index in [1.807, 2.05) is 60.7 Å². The van der Waals surface area contributed by atoms with Crippen LogP contribution in [0, 0.1) is 0 Å². The number of rotatable bonds is 6. The number of carbonyl (C=O) groups excluding carboxylic acids is 1. The fourth-order valence-electron chi connectivity index (χ4n) is 4.26. The lowest BCUT2D eigenvalue weighted by molar-refractivity contribution is -0.122. The number of para-hydroxylation sites is 2. The average molecular weight is 490 g/mol. The van der Waals surface area contributed by atoms with Crippen LogP contribution in [0.2, 0.25) is 0 Å². The number of methoxy groups -OCH3 is 1. The molecule has 0 saturated heterocycles. The number of nitrogens with zero attached hydrogens (tertiary/aromatic N) is 2. The molecule has 36 heavy (non-hydrogen) atoms. The van der Waals surface area contributed by atoms with E-state index in [1.54, 1.807) is 13.3 Å². The Labute approximate surface area is 213 Å². The zero-order valence-electron chi connectivity index (χ0n) is 20.9. The molecule has 0 spiro atoms. The summed E-state index contributed by atoms with van der Waals surface area (Å²) in [4.78, 5) is 19.5. The molecule has 0 bridgehead atoms. The van der Waals surface area contributed by atoms with Gasteiger partial charge in [-0.15, -0.1) is 0 Å². The number of pyridine rings is 1. The molecular weight excluding hydrogens is 454 g/mol. The molecule has 7 heteroatoms. The van der Waals surface area contributed by atoms with E-state index in [1.165, 1.54) is 0 Å². The highest BCUT2D eigenvalue weighted by Crippen LogP contribution is 2.32. The van der Waals surface area contributed by atoms with Crippen molar-refractivity contribution in [1.29, 1.82) is 0 Å². The van der Waals surface area contributed by atoms with Gasteiger partial charge in [0, 0.05) is 24.8 Å². The van der Waals surface area contributed by atoms with Crippen molar-refractivity contribution in [1.82, 2.24) is 15.2 Å². The third kappa shape index (κ3) is 7.71. The first kappa shape index (κ1) is 25.5. The van der Waals surface area contributed by atoms with Crippen molar-refractivity contribution in [3.8, 4) is 23.1 Å². The fourth-order valence-corrected chi connectivity index (χ4v) is 4.26. The number of fused-ring (bicyclic) bond motifs is 2. The predicted molar refractivity (Wildman–Crippen MR) is 140 cm³/mol. The standard InChI is InChI=1S/C29H35N3O4/c1-34-25-12-8-10-23(20-25)15-17-30-28(33)22-32-18-6-2-3-7-19-35-26-13-4-5-14-27(26)36-29-24(21-32)11-9-16-31-29/h4-5,8-14,16,20H,2-3,6-7,15,17-19,21-22H2,1H3,(H,30,33). The Balaban J connectivity index is 1.41. The van der Waals surface area contributed by atoms with Gasteiger partial charge in [-0.1, -0.05) is 43.2 Å². The Morgan fingerprint density at radius 3 is 2.78 bits per heavy atom. The van der Waals surface area contributed by atoms with Crippen LogP contribution in [-0.4, -0.2) is 49.1 Å². The second kappa shape index (κ2) is 13.5. The van der Waals surface area contributed by atoms with E-state index in [4.69, 9.17) is 14.2 Å². The third-order valence-electron chi connectivity index (χ3n) is 6.16. The van der Waals surface area contributed by atoms with Crippen molar-refractivity contribution in [2.75, 3.05) is 33.4 Å². The number of hydrogen-bond acceptors (Lipinski definition) is 6. The van der Waals surface area contributed by atoms with Gasteiger partial charge >= 0.3 is 0 Å². The molecule has 1 amide bonds. The summed E-state index contributed by atoms with van der Waals surface area (Å²) in [5.74, 6) is 2.75. The van der Waals surface area contributed by atoms with Crippen LogP contribution >= 0.6 is 0 Å². The minimum atomic E-state index is 0.0177. The summed E-state index contributed by atoms with van der Waals surface area (Å²) >= 11 is 0. The number of nitrogens with one attached hydrogen (secondary N) is 1. The van der Waals surface area contributed by atoms with Gasteiger partial charge in [0.05, 0.1) is 20.3 Å². The largest absolute Gasteiger partial charge is 0.497 e.